The monoisotopic (exact) mass is 432 g/mol. The van der Waals surface area contributed by atoms with E-state index in [2.05, 4.69) is 4.90 Å². The van der Waals surface area contributed by atoms with Crippen molar-refractivity contribution in [2.45, 2.75) is 13.3 Å². The molecular formula is C22H22Cl2N2O3. The Balaban J connectivity index is 1.77. The molecule has 1 aromatic heterocycles. The Morgan fingerprint density at radius 1 is 1.17 bits per heavy atom. The topological polar surface area (TPSA) is 54.7 Å². The second-order valence-electron chi connectivity index (χ2n) is 7.21. The first-order chi connectivity index (χ1) is 14.0. The number of phenolic OH excluding ortho intramolecular Hbond substituents is 1. The first-order valence-corrected chi connectivity index (χ1v) is 10.3. The first-order valence-electron chi connectivity index (χ1n) is 9.59. The van der Waals surface area contributed by atoms with Gasteiger partial charge in [0.05, 0.1) is 34.3 Å². The number of carbonyl (C=O) groups excluding carboxylic acids is 1. The number of ether oxygens (including phenoxy) is 1. The van der Waals surface area contributed by atoms with Crippen LogP contribution in [0.25, 0.3) is 10.9 Å². The van der Waals surface area contributed by atoms with Gasteiger partial charge in [0.15, 0.2) is 0 Å². The molecule has 7 heteroatoms. The van der Waals surface area contributed by atoms with E-state index in [0.29, 0.717) is 10.6 Å². The fraction of sp³-hybridized carbons (Fsp3) is 0.318. The Kier molecular flexibility index (Phi) is 5.83. The molecule has 1 fully saturated rings. The van der Waals surface area contributed by atoms with Crippen molar-refractivity contribution in [1.29, 1.82) is 0 Å². The van der Waals surface area contributed by atoms with E-state index in [9.17, 15) is 9.90 Å². The molecule has 0 bridgehead atoms. The van der Waals surface area contributed by atoms with E-state index < -0.39 is 0 Å². The number of morpholine rings is 1. The fourth-order valence-corrected chi connectivity index (χ4v) is 4.31. The molecule has 1 aliphatic heterocycles. The second kappa shape index (κ2) is 8.36. The number of halogens is 2. The van der Waals surface area contributed by atoms with Crippen LogP contribution in [-0.2, 0) is 11.2 Å². The minimum absolute atomic E-state index is 0.176. The molecule has 152 valence electrons. The average Bonchev–Trinajstić information content (AvgIpc) is 2.99. The van der Waals surface area contributed by atoms with Gasteiger partial charge in [0, 0.05) is 30.7 Å². The van der Waals surface area contributed by atoms with Crippen LogP contribution in [0.5, 0.6) is 5.75 Å². The number of hydrogen-bond donors (Lipinski definition) is 1. The van der Waals surface area contributed by atoms with E-state index >= 15 is 0 Å². The van der Waals surface area contributed by atoms with E-state index in [1.165, 1.54) is 0 Å². The average molecular weight is 433 g/mol. The van der Waals surface area contributed by atoms with Crippen LogP contribution in [-0.4, -0.2) is 53.3 Å². The van der Waals surface area contributed by atoms with Gasteiger partial charge in [-0.1, -0.05) is 29.3 Å². The Morgan fingerprint density at radius 2 is 1.93 bits per heavy atom. The van der Waals surface area contributed by atoms with E-state index in [-0.39, 0.29) is 16.7 Å². The van der Waals surface area contributed by atoms with Crippen molar-refractivity contribution < 1.29 is 14.6 Å². The zero-order valence-corrected chi connectivity index (χ0v) is 17.6. The molecule has 0 amide bonds. The van der Waals surface area contributed by atoms with Crippen molar-refractivity contribution in [3.8, 4) is 5.75 Å². The zero-order valence-electron chi connectivity index (χ0n) is 16.1. The highest BCUT2D eigenvalue weighted by atomic mass is 35.5. The highest BCUT2D eigenvalue weighted by Gasteiger charge is 2.23. The molecule has 0 unspecified atom stereocenters. The van der Waals surface area contributed by atoms with Crippen LogP contribution < -0.4 is 0 Å². The summed E-state index contributed by atoms with van der Waals surface area (Å²) in [5, 5.41) is 11.5. The predicted molar refractivity (Wildman–Crippen MR) is 115 cm³/mol. The van der Waals surface area contributed by atoms with Crippen LogP contribution in [0.4, 0.5) is 0 Å². The maximum atomic E-state index is 13.4. The molecular weight excluding hydrogens is 411 g/mol. The number of nitrogens with zero attached hydrogens (tertiary/aromatic N) is 2. The van der Waals surface area contributed by atoms with Crippen molar-refractivity contribution in [2.75, 3.05) is 32.8 Å². The lowest BCUT2D eigenvalue weighted by molar-refractivity contribution is 0.0384. The van der Waals surface area contributed by atoms with Crippen LogP contribution in [0, 0.1) is 6.92 Å². The van der Waals surface area contributed by atoms with Gasteiger partial charge >= 0.3 is 0 Å². The molecule has 2 heterocycles. The molecule has 0 atom stereocenters. The molecule has 0 saturated carbocycles. The molecule has 0 radical (unpaired) electrons. The Morgan fingerprint density at radius 3 is 2.69 bits per heavy atom. The fourth-order valence-electron chi connectivity index (χ4n) is 3.93. The van der Waals surface area contributed by atoms with Crippen LogP contribution in [0.15, 0.2) is 36.4 Å². The van der Waals surface area contributed by atoms with Crippen molar-refractivity contribution in [1.82, 2.24) is 9.47 Å². The SMILES string of the molecule is Cc1c(CCN2CCOCC2)c2cc(O)ccc2n1C(=O)c1cccc(Cl)c1Cl. The number of hydrogen-bond acceptors (Lipinski definition) is 4. The van der Waals surface area contributed by atoms with Crippen molar-refractivity contribution in [3.63, 3.8) is 0 Å². The van der Waals surface area contributed by atoms with Gasteiger partial charge in [0.1, 0.15) is 5.75 Å². The highest BCUT2D eigenvalue weighted by molar-refractivity contribution is 6.44. The number of rotatable bonds is 4. The van der Waals surface area contributed by atoms with Gasteiger partial charge in [-0.25, -0.2) is 0 Å². The van der Waals surface area contributed by atoms with Gasteiger partial charge in [-0.05, 0) is 49.2 Å². The van der Waals surface area contributed by atoms with Gasteiger partial charge in [0.25, 0.3) is 5.91 Å². The molecule has 3 aromatic rings. The third kappa shape index (κ3) is 3.88. The van der Waals surface area contributed by atoms with Crippen LogP contribution in [0.2, 0.25) is 10.0 Å². The van der Waals surface area contributed by atoms with Gasteiger partial charge in [-0.2, -0.15) is 0 Å². The largest absolute Gasteiger partial charge is 0.508 e. The van der Waals surface area contributed by atoms with E-state index in [1.807, 2.05) is 6.92 Å². The summed E-state index contributed by atoms with van der Waals surface area (Å²) in [6.07, 6.45) is 0.773. The van der Waals surface area contributed by atoms with Crippen LogP contribution in [0.3, 0.4) is 0 Å². The standard InChI is InChI=1S/C22H22Cl2N2O3/c1-14-16(7-8-25-9-11-29-12-10-25)18-13-15(27)5-6-20(18)26(14)22(28)17-3-2-4-19(23)21(17)24/h2-6,13,27H,7-12H2,1H3. The molecule has 4 rings (SSSR count). The summed E-state index contributed by atoms with van der Waals surface area (Å²) < 4.78 is 7.09. The smallest absolute Gasteiger partial charge is 0.264 e. The minimum atomic E-state index is -0.233. The summed E-state index contributed by atoms with van der Waals surface area (Å²) in [6.45, 7) is 6.09. The summed E-state index contributed by atoms with van der Waals surface area (Å²) in [7, 11) is 0. The summed E-state index contributed by atoms with van der Waals surface area (Å²) in [6, 6.07) is 10.1. The van der Waals surface area contributed by atoms with Gasteiger partial charge in [-0.3, -0.25) is 14.3 Å². The molecule has 5 nitrogen and oxygen atoms in total. The predicted octanol–water partition coefficient (Wildman–Crippen LogP) is 4.53. The lowest BCUT2D eigenvalue weighted by Crippen LogP contribution is -2.37. The van der Waals surface area contributed by atoms with Gasteiger partial charge in [-0.15, -0.1) is 0 Å². The highest BCUT2D eigenvalue weighted by Crippen LogP contribution is 2.32. The lowest BCUT2D eigenvalue weighted by atomic mass is 10.1. The summed E-state index contributed by atoms with van der Waals surface area (Å²) >= 11 is 12.4. The van der Waals surface area contributed by atoms with E-state index in [1.54, 1.807) is 41.0 Å². The molecule has 1 aliphatic rings. The molecule has 2 aromatic carbocycles. The van der Waals surface area contributed by atoms with Gasteiger partial charge in [0.2, 0.25) is 0 Å². The summed E-state index contributed by atoms with van der Waals surface area (Å²) in [4.78, 5) is 15.7. The number of fused-ring (bicyclic) bond motifs is 1. The number of aromatic hydroxyl groups is 1. The number of phenols is 1. The number of benzene rings is 2. The summed E-state index contributed by atoms with van der Waals surface area (Å²) in [5.74, 6) is -0.0566. The maximum Gasteiger partial charge on any atom is 0.264 e. The molecule has 1 N–H and O–H groups in total. The van der Waals surface area contributed by atoms with Crippen molar-refractivity contribution in [2.24, 2.45) is 0 Å². The third-order valence-corrected chi connectivity index (χ3v) is 6.30. The number of carbonyl (C=O) groups is 1. The molecule has 29 heavy (non-hydrogen) atoms. The Bertz CT molecular complexity index is 1070. The minimum Gasteiger partial charge on any atom is -0.508 e. The molecule has 0 aliphatic carbocycles. The normalized spacial score (nSPS) is 15.1. The van der Waals surface area contributed by atoms with E-state index in [0.717, 1.165) is 61.4 Å². The van der Waals surface area contributed by atoms with Crippen LogP contribution in [0.1, 0.15) is 21.6 Å². The second-order valence-corrected chi connectivity index (χ2v) is 8.00. The molecule has 1 saturated heterocycles. The number of aromatic nitrogens is 1. The quantitative estimate of drug-likeness (QED) is 0.657. The maximum absolute atomic E-state index is 13.4. The van der Waals surface area contributed by atoms with Crippen LogP contribution >= 0.6 is 23.2 Å². The third-order valence-electron chi connectivity index (χ3n) is 5.49. The molecule has 0 spiro atoms. The zero-order chi connectivity index (χ0) is 20.5. The van der Waals surface area contributed by atoms with Crippen molar-refractivity contribution in [3.05, 3.63) is 63.3 Å². The van der Waals surface area contributed by atoms with Gasteiger partial charge < -0.3 is 9.84 Å². The Hall–Kier alpha value is -2.05. The lowest BCUT2D eigenvalue weighted by Gasteiger charge is -2.26. The van der Waals surface area contributed by atoms with Crippen molar-refractivity contribution >= 4 is 40.0 Å². The Labute approximate surface area is 179 Å². The first kappa shape index (κ1) is 20.2. The van der Waals surface area contributed by atoms with E-state index in [4.69, 9.17) is 27.9 Å². The summed E-state index contributed by atoms with van der Waals surface area (Å²) in [5.41, 5.74) is 3.00.